The van der Waals surface area contributed by atoms with Crippen molar-refractivity contribution in [1.29, 1.82) is 5.26 Å². The molecule has 8 heteroatoms. The van der Waals surface area contributed by atoms with Crippen LogP contribution in [0.15, 0.2) is 6.07 Å². The number of halogens is 4. The largest absolute Gasteiger partial charge is 0.333 e. The first kappa shape index (κ1) is 14.7. The molecule has 1 aromatic carbocycles. The molecule has 1 heterocycles. The number of hydrogen-bond acceptors (Lipinski definition) is 4. The summed E-state index contributed by atoms with van der Waals surface area (Å²) in [5.41, 5.74) is -0.205. The van der Waals surface area contributed by atoms with Crippen LogP contribution in [0.4, 0.5) is 29.1 Å². The van der Waals surface area contributed by atoms with Crippen LogP contribution in [0.5, 0.6) is 0 Å². The van der Waals surface area contributed by atoms with Gasteiger partial charge in [-0.1, -0.05) is 0 Å². The highest BCUT2D eigenvalue weighted by Gasteiger charge is 2.21. The minimum Gasteiger partial charge on any atom is -0.333 e. The normalized spacial score (nSPS) is 10.3. The maximum atomic E-state index is 13.6. The van der Waals surface area contributed by atoms with Crippen molar-refractivity contribution >= 4 is 11.5 Å². The lowest BCUT2D eigenvalue weighted by molar-refractivity contribution is 0.459. The Morgan fingerprint density at radius 3 is 2.14 bits per heavy atom. The van der Waals surface area contributed by atoms with Gasteiger partial charge in [-0.05, 0) is 19.4 Å². The molecule has 0 radical (unpaired) electrons. The fraction of sp³-hybridized carbons (Fsp3) is 0.154. The topological polar surface area (TPSA) is 61.6 Å². The van der Waals surface area contributed by atoms with Crippen LogP contribution < -0.4 is 5.32 Å². The molecule has 1 N–H and O–H groups in total. The summed E-state index contributed by atoms with van der Waals surface area (Å²) < 4.78 is 53.4. The summed E-state index contributed by atoms with van der Waals surface area (Å²) in [6.45, 7) is 3.16. The van der Waals surface area contributed by atoms with Crippen LogP contribution in [0.1, 0.15) is 16.8 Å². The summed E-state index contributed by atoms with van der Waals surface area (Å²) >= 11 is 0. The van der Waals surface area contributed by atoms with E-state index in [-0.39, 0.29) is 17.4 Å². The second kappa shape index (κ2) is 5.36. The van der Waals surface area contributed by atoms with Gasteiger partial charge in [0.25, 0.3) is 0 Å². The van der Waals surface area contributed by atoms with E-state index >= 15 is 0 Å². The van der Waals surface area contributed by atoms with Crippen LogP contribution in [0.2, 0.25) is 0 Å². The van der Waals surface area contributed by atoms with Gasteiger partial charge in [0, 0.05) is 6.07 Å². The van der Waals surface area contributed by atoms with E-state index in [0.29, 0.717) is 11.3 Å². The van der Waals surface area contributed by atoms with Crippen LogP contribution in [-0.2, 0) is 0 Å². The predicted octanol–water partition coefficient (Wildman–Crippen LogP) is 3.27. The van der Waals surface area contributed by atoms with Gasteiger partial charge in [-0.25, -0.2) is 17.6 Å². The lowest BCUT2D eigenvalue weighted by Crippen LogP contribution is -2.08. The highest BCUT2D eigenvalue weighted by atomic mass is 19.2. The number of nitriles is 1. The number of aromatic nitrogens is 2. The highest BCUT2D eigenvalue weighted by Crippen LogP contribution is 2.28. The van der Waals surface area contributed by atoms with Gasteiger partial charge in [0.1, 0.15) is 17.3 Å². The maximum absolute atomic E-state index is 13.6. The first-order valence-corrected chi connectivity index (χ1v) is 5.70. The van der Waals surface area contributed by atoms with Gasteiger partial charge in [0.2, 0.25) is 0 Å². The number of benzene rings is 1. The fourth-order valence-electron chi connectivity index (χ4n) is 1.63. The molecule has 0 unspecified atom stereocenters. The highest BCUT2D eigenvalue weighted by molar-refractivity contribution is 5.65. The van der Waals surface area contributed by atoms with Crippen molar-refractivity contribution in [3.63, 3.8) is 0 Å². The monoisotopic (exact) mass is 296 g/mol. The van der Waals surface area contributed by atoms with Crippen molar-refractivity contribution in [1.82, 2.24) is 10.2 Å². The summed E-state index contributed by atoms with van der Waals surface area (Å²) in [6.07, 6.45) is 0. The van der Waals surface area contributed by atoms with Gasteiger partial charge in [-0.2, -0.15) is 10.4 Å². The average molecular weight is 296 g/mol. The molecule has 21 heavy (non-hydrogen) atoms. The average Bonchev–Trinajstić information content (AvgIpc) is 2.45. The van der Waals surface area contributed by atoms with E-state index in [9.17, 15) is 17.6 Å². The quantitative estimate of drug-likeness (QED) is 0.682. The molecular formula is C13H8F4N4. The van der Waals surface area contributed by atoms with Gasteiger partial charge in [-0.3, -0.25) is 0 Å². The summed E-state index contributed by atoms with van der Waals surface area (Å²) in [5.74, 6) is -6.64. The molecule has 0 aliphatic carbocycles. The minimum absolute atomic E-state index is 0.0223. The third-order valence-electron chi connectivity index (χ3n) is 2.92. The first-order chi connectivity index (χ1) is 9.86. The molecule has 0 saturated carbocycles. The number of hydrogen-bond donors (Lipinski definition) is 1. The van der Waals surface area contributed by atoms with Crippen molar-refractivity contribution in [2.45, 2.75) is 13.8 Å². The van der Waals surface area contributed by atoms with Crippen molar-refractivity contribution < 1.29 is 17.6 Å². The zero-order valence-electron chi connectivity index (χ0n) is 10.9. The summed E-state index contributed by atoms with van der Waals surface area (Å²) in [4.78, 5) is 0. The summed E-state index contributed by atoms with van der Waals surface area (Å²) in [5, 5.41) is 18.4. The Balaban J connectivity index is 2.60. The zero-order chi connectivity index (χ0) is 15.7. The Morgan fingerprint density at radius 1 is 1.05 bits per heavy atom. The molecule has 4 nitrogen and oxygen atoms in total. The minimum atomic E-state index is -1.61. The second-order valence-electron chi connectivity index (χ2n) is 4.21. The van der Waals surface area contributed by atoms with Crippen LogP contribution in [-0.4, -0.2) is 10.2 Å². The van der Waals surface area contributed by atoms with E-state index in [1.807, 2.05) is 0 Å². The van der Waals surface area contributed by atoms with Gasteiger partial charge in [-0.15, -0.1) is 5.10 Å². The van der Waals surface area contributed by atoms with Crippen molar-refractivity contribution in [3.05, 3.63) is 46.2 Å². The van der Waals surface area contributed by atoms with Crippen molar-refractivity contribution in [2.75, 3.05) is 5.32 Å². The molecule has 2 rings (SSSR count). The summed E-state index contributed by atoms with van der Waals surface area (Å²) in [6, 6.07) is 1.89. The Kier molecular flexibility index (Phi) is 3.76. The van der Waals surface area contributed by atoms with Crippen LogP contribution in [0, 0.1) is 48.4 Å². The molecule has 0 spiro atoms. The Morgan fingerprint density at radius 2 is 1.62 bits per heavy atom. The SMILES string of the molecule is Cc1nnc(Nc2c(F)c(F)cc(F)c2F)c(C#N)c1C. The van der Waals surface area contributed by atoms with Gasteiger partial charge in [0.05, 0.1) is 5.69 Å². The third kappa shape index (κ3) is 2.50. The molecule has 0 bridgehead atoms. The maximum Gasteiger partial charge on any atom is 0.185 e. The first-order valence-electron chi connectivity index (χ1n) is 5.70. The number of nitrogens with zero attached hydrogens (tertiary/aromatic N) is 3. The van der Waals surface area contributed by atoms with Crippen LogP contribution in [0.25, 0.3) is 0 Å². The molecule has 0 amide bonds. The van der Waals surface area contributed by atoms with Gasteiger partial charge < -0.3 is 5.32 Å². The molecular weight excluding hydrogens is 288 g/mol. The Labute approximate surface area is 117 Å². The number of rotatable bonds is 2. The molecule has 0 fully saturated rings. The van der Waals surface area contributed by atoms with Crippen molar-refractivity contribution in [3.8, 4) is 6.07 Å². The number of nitrogens with one attached hydrogen (secondary N) is 1. The van der Waals surface area contributed by atoms with E-state index in [2.05, 4.69) is 15.5 Å². The van der Waals surface area contributed by atoms with E-state index in [4.69, 9.17) is 5.26 Å². The molecule has 1 aromatic heterocycles. The van der Waals surface area contributed by atoms with E-state index in [1.54, 1.807) is 19.9 Å². The molecule has 0 saturated heterocycles. The lowest BCUT2D eigenvalue weighted by atomic mass is 10.1. The summed E-state index contributed by atoms with van der Waals surface area (Å²) in [7, 11) is 0. The second-order valence-corrected chi connectivity index (χ2v) is 4.21. The predicted molar refractivity (Wildman–Crippen MR) is 65.8 cm³/mol. The van der Waals surface area contributed by atoms with Crippen LogP contribution in [0.3, 0.4) is 0 Å². The smallest absolute Gasteiger partial charge is 0.185 e. The molecule has 0 aliphatic heterocycles. The fourth-order valence-corrected chi connectivity index (χ4v) is 1.63. The molecule has 0 aliphatic rings. The van der Waals surface area contributed by atoms with Crippen molar-refractivity contribution in [2.24, 2.45) is 0 Å². The van der Waals surface area contributed by atoms with Gasteiger partial charge >= 0.3 is 0 Å². The van der Waals surface area contributed by atoms with Gasteiger partial charge in [0.15, 0.2) is 29.1 Å². The van der Waals surface area contributed by atoms with E-state index in [1.165, 1.54) is 0 Å². The molecule has 108 valence electrons. The zero-order valence-corrected chi connectivity index (χ0v) is 10.9. The number of aryl methyl sites for hydroxylation is 1. The van der Waals surface area contributed by atoms with E-state index < -0.39 is 29.0 Å². The lowest BCUT2D eigenvalue weighted by Gasteiger charge is -2.11. The standard InChI is InChI=1S/C13H8F4N4/c1-5-6(2)20-21-13(7(5)4-18)19-12-10(16)8(14)3-9(15)11(12)17/h3H,1-2H3,(H,19,21). The third-order valence-corrected chi connectivity index (χ3v) is 2.92. The Bertz CT molecular complexity index is 742. The Hall–Kier alpha value is -2.69. The van der Waals surface area contributed by atoms with E-state index in [0.717, 1.165) is 0 Å². The number of anilines is 2. The van der Waals surface area contributed by atoms with Crippen LogP contribution >= 0.6 is 0 Å². The molecule has 2 aromatic rings. The molecule has 0 atom stereocenters.